The van der Waals surface area contributed by atoms with Crippen LogP contribution in [0.2, 0.25) is 0 Å². The van der Waals surface area contributed by atoms with E-state index in [1.54, 1.807) is 18.2 Å². The summed E-state index contributed by atoms with van der Waals surface area (Å²) in [5.41, 5.74) is 1.43. The van der Waals surface area contributed by atoms with Gasteiger partial charge >= 0.3 is 0 Å². The smallest absolute Gasteiger partial charge is 0.274 e. The molecule has 20 heavy (non-hydrogen) atoms. The summed E-state index contributed by atoms with van der Waals surface area (Å²) in [6.45, 7) is 0.156. The Morgan fingerprint density at radius 2 is 1.70 bits per heavy atom. The van der Waals surface area contributed by atoms with Gasteiger partial charge in [0, 0.05) is 18.2 Å². The van der Waals surface area contributed by atoms with E-state index >= 15 is 0 Å². The van der Waals surface area contributed by atoms with Gasteiger partial charge in [-0.05, 0) is 5.56 Å². The number of carbonyl (C=O) groups is 1. The lowest BCUT2D eigenvalue weighted by Crippen LogP contribution is -2.24. The normalized spacial score (nSPS) is 10.0. The lowest BCUT2D eigenvalue weighted by atomic mass is 10.1. The van der Waals surface area contributed by atoms with Crippen molar-refractivity contribution in [3.8, 4) is 0 Å². The van der Waals surface area contributed by atoms with E-state index in [4.69, 9.17) is 0 Å². The van der Waals surface area contributed by atoms with Crippen molar-refractivity contribution in [2.45, 2.75) is 13.0 Å². The Kier molecular flexibility index (Phi) is 4.44. The molecule has 0 fully saturated rings. The van der Waals surface area contributed by atoms with Crippen LogP contribution in [0.4, 0.5) is 5.69 Å². The molecule has 0 aliphatic heterocycles. The van der Waals surface area contributed by atoms with Crippen molar-refractivity contribution < 1.29 is 9.72 Å². The summed E-state index contributed by atoms with van der Waals surface area (Å²) in [5, 5.41) is 13.5. The summed E-state index contributed by atoms with van der Waals surface area (Å²) < 4.78 is 0. The highest BCUT2D eigenvalue weighted by molar-refractivity contribution is 5.78. The molecule has 0 saturated carbocycles. The number of carbonyl (C=O) groups excluding carboxylic acids is 1. The van der Waals surface area contributed by atoms with Gasteiger partial charge in [-0.15, -0.1) is 0 Å². The number of hydrogen-bond donors (Lipinski definition) is 1. The predicted octanol–water partition coefficient (Wildman–Crippen LogP) is 2.45. The van der Waals surface area contributed by atoms with Crippen molar-refractivity contribution in [2.75, 3.05) is 0 Å². The van der Waals surface area contributed by atoms with Crippen LogP contribution in [-0.4, -0.2) is 10.8 Å². The predicted molar refractivity (Wildman–Crippen MR) is 75.1 cm³/mol. The van der Waals surface area contributed by atoms with E-state index in [0.717, 1.165) is 5.56 Å². The third kappa shape index (κ3) is 3.65. The maximum Gasteiger partial charge on any atom is 0.274 e. The molecule has 0 aliphatic rings. The van der Waals surface area contributed by atoms with Gasteiger partial charge in [-0.1, -0.05) is 48.5 Å². The number of benzene rings is 2. The molecule has 0 aliphatic carbocycles. The largest absolute Gasteiger partial charge is 0.351 e. The molecule has 5 nitrogen and oxygen atoms in total. The lowest BCUT2D eigenvalue weighted by Gasteiger charge is -2.06. The molecule has 0 atom stereocenters. The van der Waals surface area contributed by atoms with Crippen molar-refractivity contribution in [1.82, 2.24) is 5.32 Å². The number of nitro benzene ring substituents is 1. The topological polar surface area (TPSA) is 72.2 Å². The van der Waals surface area contributed by atoms with Gasteiger partial charge in [0.05, 0.1) is 11.3 Å². The van der Waals surface area contributed by atoms with E-state index in [1.807, 2.05) is 30.3 Å². The number of nitrogens with one attached hydrogen (secondary N) is 1. The first-order valence-corrected chi connectivity index (χ1v) is 6.20. The quantitative estimate of drug-likeness (QED) is 0.670. The molecule has 102 valence electrons. The molecule has 0 radical (unpaired) electrons. The van der Waals surface area contributed by atoms with E-state index in [1.165, 1.54) is 6.07 Å². The third-order valence-electron chi connectivity index (χ3n) is 2.87. The fourth-order valence-corrected chi connectivity index (χ4v) is 1.88. The first kappa shape index (κ1) is 13.7. The van der Waals surface area contributed by atoms with Crippen LogP contribution in [0, 0.1) is 10.1 Å². The highest BCUT2D eigenvalue weighted by atomic mass is 16.6. The zero-order valence-electron chi connectivity index (χ0n) is 10.8. The molecular weight excluding hydrogens is 256 g/mol. The minimum Gasteiger partial charge on any atom is -0.351 e. The molecule has 0 saturated heterocycles. The van der Waals surface area contributed by atoms with Gasteiger partial charge in [-0.2, -0.15) is 0 Å². The molecule has 5 heteroatoms. The van der Waals surface area contributed by atoms with Gasteiger partial charge < -0.3 is 5.32 Å². The molecule has 0 aromatic heterocycles. The molecule has 0 unspecified atom stereocenters. The Bertz CT molecular complexity index is 612. The molecule has 1 amide bonds. The van der Waals surface area contributed by atoms with Gasteiger partial charge in [0.1, 0.15) is 0 Å². The third-order valence-corrected chi connectivity index (χ3v) is 2.87. The second-order valence-corrected chi connectivity index (χ2v) is 4.32. The van der Waals surface area contributed by atoms with E-state index in [-0.39, 0.29) is 24.6 Å². The Morgan fingerprint density at radius 1 is 1.05 bits per heavy atom. The standard InChI is InChI=1S/C15H14N2O3/c18-15(10-12-6-2-1-3-7-12)16-11-13-8-4-5-9-14(13)17(19)20/h1-9H,10-11H2,(H,16,18). The maximum absolute atomic E-state index is 11.8. The van der Waals surface area contributed by atoms with Crippen molar-refractivity contribution in [3.63, 3.8) is 0 Å². The molecular formula is C15H14N2O3. The number of rotatable bonds is 5. The van der Waals surface area contributed by atoms with Gasteiger partial charge in [0.15, 0.2) is 0 Å². The zero-order valence-corrected chi connectivity index (χ0v) is 10.8. The summed E-state index contributed by atoms with van der Waals surface area (Å²) >= 11 is 0. The van der Waals surface area contributed by atoms with Crippen LogP contribution in [0.3, 0.4) is 0 Å². The van der Waals surface area contributed by atoms with Gasteiger partial charge in [-0.25, -0.2) is 0 Å². The Hall–Kier alpha value is -2.69. The van der Waals surface area contributed by atoms with Gasteiger partial charge in [-0.3, -0.25) is 14.9 Å². The van der Waals surface area contributed by atoms with Crippen LogP contribution in [-0.2, 0) is 17.8 Å². The van der Waals surface area contributed by atoms with Crippen LogP contribution >= 0.6 is 0 Å². The minimum absolute atomic E-state index is 0.0208. The van der Waals surface area contributed by atoms with E-state index in [0.29, 0.717) is 5.56 Å². The molecule has 0 bridgehead atoms. The zero-order chi connectivity index (χ0) is 14.4. The maximum atomic E-state index is 11.8. The number of nitrogens with zero attached hydrogens (tertiary/aromatic N) is 1. The highest BCUT2D eigenvalue weighted by Crippen LogP contribution is 2.17. The van der Waals surface area contributed by atoms with Crippen LogP contribution in [0.5, 0.6) is 0 Å². The number of para-hydroxylation sites is 1. The summed E-state index contributed by atoms with van der Waals surface area (Å²) in [7, 11) is 0. The Balaban J connectivity index is 1.96. The van der Waals surface area contributed by atoms with Crippen molar-refractivity contribution in [1.29, 1.82) is 0 Å². The van der Waals surface area contributed by atoms with Crippen LogP contribution in [0.25, 0.3) is 0 Å². The second kappa shape index (κ2) is 6.47. The van der Waals surface area contributed by atoms with Crippen molar-refractivity contribution >= 4 is 11.6 Å². The van der Waals surface area contributed by atoms with E-state index in [9.17, 15) is 14.9 Å². The van der Waals surface area contributed by atoms with Crippen molar-refractivity contribution in [2.24, 2.45) is 0 Å². The van der Waals surface area contributed by atoms with Gasteiger partial charge in [0.25, 0.3) is 5.69 Å². The highest BCUT2D eigenvalue weighted by Gasteiger charge is 2.12. The number of amides is 1. The van der Waals surface area contributed by atoms with E-state index < -0.39 is 4.92 Å². The number of hydrogen-bond acceptors (Lipinski definition) is 3. The van der Waals surface area contributed by atoms with Crippen LogP contribution in [0.1, 0.15) is 11.1 Å². The minimum atomic E-state index is -0.446. The fourth-order valence-electron chi connectivity index (χ4n) is 1.88. The van der Waals surface area contributed by atoms with E-state index in [2.05, 4.69) is 5.32 Å². The van der Waals surface area contributed by atoms with Crippen LogP contribution < -0.4 is 5.32 Å². The van der Waals surface area contributed by atoms with Crippen molar-refractivity contribution in [3.05, 3.63) is 75.8 Å². The summed E-state index contributed by atoms with van der Waals surface area (Å²) in [5.74, 6) is -0.158. The monoisotopic (exact) mass is 270 g/mol. The first-order chi connectivity index (χ1) is 9.66. The molecule has 2 rings (SSSR count). The number of nitro groups is 1. The second-order valence-electron chi connectivity index (χ2n) is 4.32. The Labute approximate surface area is 116 Å². The SMILES string of the molecule is O=C(Cc1ccccc1)NCc1ccccc1[N+](=O)[O-]. The van der Waals surface area contributed by atoms with Crippen LogP contribution in [0.15, 0.2) is 54.6 Å². The summed E-state index contributed by atoms with van der Waals surface area (Å²) in [4.78, 5) is 22.2. The molecule has 0 heterocycles. The molecule has 0 spiro atoms. The average molecular weight is 270 g/mol. The molecule has 2 aromatic rings. The summed E-state index contributed by atoms with van der Waals surface area (Å²) in [6.07, 6.45) is 0.265. The first-order valence-electron chi connectivity index (χ1n) is 6.20. The average Bonchev–Trinajstić information content (AvgIpc) is 2.46. The Morgan fingerprint density at radius 3 is 2.40 bits per heavy atom. The van der Waals surface area contributed by atoms with Gasteiger partial charge in [0.2, 0.25) is 5.91 Å². The summed E-state index contributed by atoms with van der Waals surface area (Å²) in [6, 6.07) is 15.7. The fraction of sp³-hybridized carbons (Fsp3) is 0.133. The molecule has 1 N–H and O–H groups in total. The molecule has 2 aromatic carbocycles. The lowest BCUT2D eigenvalue weighted by molar-refractivity contribution is -0.385.